The van der Waals surface area contributed by atoms with E-state index in [1.54, 1.807) is 0 Å². The molecule has 1 fully saturated rings. The monoisotopic (exact) mass is 297 g/mol. The summed E-state index contributed by atoms with van der Waals surface area (Å²) in [5.74, 6) is -0.736. The highest BCUT2D eigenvalue weighted by Crippen LogP contribution is 2.21. The van der Waals surface area contributed by atoms with Gasteiger partial charge in [0.25, 0.3) is 0 Å². The molecular formula is C13H16BrNO2. The highest BCUT2D eigenvalue weighted by molar-refractivity contribution is 9.10. The third-order valence-corrected chi connectivity index (χ3v) is 3.39. The van der Waals surface area contributed by atoms with Crippen LogP contribution in [0.2, 0.25) is 0 Å². The molecule has 0 bridgehead atoms. The standard InChI is InChI=1S/C13H16BrNO2/c14-10-3-1-9(2-4-10)7-12(8-13(16)17)15-11-5-6-11/h1-4,11-12,15H,5-8H2,(H,16,17). The molecule has 1 unspecified atom stereocenters. The maximum atomic E-state index is 10.8. The lowest BCUT2D eigenvalue weighted by Gasteiger charge is -2.16. The molecule has 4 heteroatoms. The van der Waals surface area contributed by atoms with Gasteiger partial charge in [-0.15, -0.1) is 0 Å². The van der Waals surface area contributed by atoms with Crippen molar-refractivity contribution < 1.29 is 9.90 Å². The van der Waals surface area contributed by atoms with Crippen LogP contribution in [0.25, 0.3) is 0 Å². The van der Waals surface area contributed by atoms with Gasteiger partial charge < -0.3 is 10.4 Å². The minimum atomic E-state index is -0.736. The Hall–Kier alpha value is -0.870. The van der Waals surface area contributed by atoms with Crippen molar-refractivity contribution in [3.8, 4) is 0 Å². The molecule has 0 aliphatic heterocycles. The first kappa shape index (κ1) is 12.6. The average Bonchev–Trinajstić information content (AvgIpc) is 3.04. The van der Waals surface area contributed by atoms with E-state index in [1.165, 1.54) is 18.4 Å². The number of benzene rings is 1. The van der Waals surface area contributed by atoms with Crippen molar-refractivity contribution in [2.24, 2.45) is 0 Å². The number of halogens is 1. The van der Waals surface area contributed by atoms with E-state index in [9.17, 15) is 4.79 Å². The number of carbonyl (C=O) groups is 1. The first-order chi connectivity index (χ1) is 8.13. The number of carboxylic acids is 1. The molecule has 17 heavy (non-hydrogen) atoms. The molecule has 0 saturated heterocycles. The Labute approximate surface area is 109 Å². The highest BCUT2D eigenvalue weighted by atomic mass is 79.9. The molecule has 1 saturated carbocycles. The topological polar surface area (TPSA) is 49.3 Å². The van der Waals surface area contributed by atoms with Crippen LogP contribution in [-0.2, 0) is 11.2 Å². The number of carboxylic acid groups (broad SMARTS) is 1. The highest BCUT2D eigenvalue weighted by Gasteiger charge is 2.25. The summed E-state index contributed by atoms with van der Waals surface area (Å²) in [7, 11) is 0. The zero-order valence-electron chi connectivity index (χ0n) is 9.53. The van der Waals surface area contributed by atoms with Crippen molar-refractivity contribution in [3.63, 3.8) is 0 Å². The molecule has 1 aromatic rings. The molecule has 3 nitrogen and oxygen atoms in total. The van der Waals surface area contributed by atoms with Gasteiger partial charge >= 0.3 is 5.97 Å². The van der Waals surface area contributed by atoms with Crippen LogP contribution < -0.4 is 5.32 Å². The molecular weight excluding hydrogens is 282 g/mol. The van der Waals surface area contributed by atoms with Gasteiger partial charge in [0.1, 0.15) is 0 Å². The number of hydrogen-bond acceptors (Lipinski definition) is 2. The van der Waals surface area contributed by atoms with Crippen LogP contribution in [-0.4, -0.2) is 23.2 Å². The molecule has 0 aromatic heterocycles. The normalized spacial score (nSPS) is 16.8. The second kappa shape index (κ2) is 5.65. The largest absolute Gasteiger partial charge is 0.481 e. The summed E-state index contributed by atoms with van der Waals surface area (Å²) < 4.78 is 1.05. The number of hydrogen-bond donors (Lipinski definition) is 2. The average molecular weight is 298 g/mol. The van der Waals surface area contributed by atoms with Crippen LogP contribution in [0, 0.1) is 0 Å². The molecule has 0 radical (unpaired) electrons. The van der Waals surface area contributed by atoms with E-state index < -0.39 is 5.97 Å². The van der Waals surface area contributed by atoms with Crippen molar-refractivity contribution >= 4 is 21.9 Å². The smallest absolute Gasteiger partial charge is 0.304 e. The summed E-state index contributed by atoms with van der Waals surface area (Å²) in [6.45, 7) is 0. The molecule has 2 rings (SSSR count). The van der Waals surface area contributed by atoms with Gasteiger partial charge in [0, 0.05) is 16.6 Å². The summed E-state index contributed by atoms with van der Waals surface area (Å²) in [6, 6.07) is 8.63. The molecule has 2 N–H and O–H groups in total. The molecule has 1 aliphatic rings. The Kier molecular flexibility index (Phi) is 4.18. The van der Waals surface area contributed by atoms with E-state index in [0.29, 0.717) is 6.04 Å². The lowest BCUT2D eigenvalue weighted by atomic mass is 10.0. The lowest BCUT2D eigenvalue weighted by Crippen LogP contribution is -2.34. The third kappa shape index (κ3) is 4.48. The molecule has 0 amide bonds. The van der Waals surface area contributed by atoms with Gasteiger partial charge in [0.15, 0.2) is 0 Å². The van der Waals surface area contributed by atoms with Gasteiger partial charge in [-0.25, -0.2) is 0 Å². The van der Waals surface area contributed by atoms with E-state index in [1.807, 2.05) is 24.3 Å². The quantitative estimate of drug-likeness (QED) is 0.848. The van der Waals surface area contributed by atoms with Crippen molar-refractivity contribution in [2.45, 2.75) is 37.8 Å². The lowest BCUT2D eigenvalue weighted by molar-refractivity contribution is -0.137. The van der Waals surface area contributed by atoms with Crippen LogP contribution >= 0.6 is 15.9 Å². The summed E-state index contributed by atoms with van der Waals surface area (Å²) in [4.78, 5) is 10.8. The first-order valence-electron chi connectivity index (χ1n) is 5.86. The van der Waals surface area contributed by atoms with Gasteiger partial charge in [-0.1, -0.05) is 28.1 Å². The summed E-state index contributed by atoms with van der Waals surface area (Å²) in [5.41, 5.74) is 1.17. The Morgan fingerprint density at radius 2 is 2.06 bits per heavy atom. The first-order valence-corrected chi connectivity index (χ1v) is 6.65. The van der Waals surface area contributed by atoms with Crippen molar-refractivity contribution in [1.82, 2.24) is 5.32 Å². The minimum absolute atomic E-state index is 0.0428. The minimum Gasteiger partial charge on any atom is -0.481 e. The maximum Gasteiger partial charge on any atom is 0.304 e. The molecule has 0 heterocycles. The zero-order chi connectivity index (χ0) is 12.3. The Morgan fingerprint density at radius 3 is 2.59 bits per heavy atom. The number of nitrogens with one attached hydrogen (secondary N) is 1. The van der Waals surface area contributed by atoms with Crippen molar-refractivity contribution in [3.05, 3.63) is 34.3 Å². The molecule has 1 atom stereocenters. The van der Waals surface area contributed by atoms with Gasteiger partial charge in [-0.05, 0) is 37.0 Å². The second-order valence-electron chi connectivity index (χ2n) is 4.57. The van der Waals surface area contributed by atoms with Gasteiger partial charge in [-0.3, -0.25) is 4.79 Å². The fourth-order valence-electron chi connectivity index (χ4n) is 1.89. The summed E-state index contributed by atoms with van der Waals surface area (Å²) >= 11 is 3.39. The van der Waals surface area contributed by atoms with Crippen LogP contribution in [0.5, 0.6) is 0 Å². The van der Waals surface area contributed by atoms with E-state index >= 15 is 0 Å². The zero-order valence-corrected chi connectivity index (χ0v) is 11.1. The van der Waals surface area contributed by atoms with Gasteiger partial charge in [0.05, 0.1) is 6.42 Å². The summed E-state index contributed by atoms with van der Waals surface area (Å²) in [6.07, 6.45) is 3.32. The van der Waals surface area contributed by atoms with Crippen LogP contribution in [0.1, 0.15) is 24.8 Å². The Morgan fingerprint density at radius 1 is 1.41 bits per heavy atom. The van der Waals surface area contributed by atoms with E-state index in [-0.39, 0.29) is 12.5 Å². The number of rotatable bonds is 6. The van der Waals surface area contributed by atoms with E-state index in [0.717, 1.165) is 10.9 Å². The SMILES string of the molecule is O=C(O)CC(Cc1ccc(Br)cc1)NC1CC1. The second-order valence-corrected chi connectivity index (χ2v) is 5.48. The number of aliphatic carboxylic acids is 1. The van der Waals surface area contributed by atoms with Crippen molar-refractivity contribution in [2.75, 3.05) is 0 Å². The van der Waals surface area contributed by atoms with Gasteiger partial charge in [0.2, 0.25) is 0 Å². The molecule has 0 spiro atoms. The van der Waals surface area contributed by atoms with Crippen LogP contribution in [0.3, 0.4) is 0 Å². The van der Waals surface area contributed by atoms with E-state index in [4.69, 9.17) is 5.11 Å². The Balaban J connectivity index is 1.94. The van der Waals surface area contributed by atoms with Crippen LogP contribution in [0.15, 0.2) is 28.7 Å². The Bertz CT molecular complexity index is 387. The van der Waals surface area contributed by atoms with Crippen LogP contribution in [0.4, 0.5) is 0 Å². The van der Waals surface area contributed by atoms with E-state index in [2.05, 4.69) is 21.2 Å². The predicted octanol–water partition coefficient (Wildman–Crippen LogP) is 2.59. The molecule has 92 valence electrons. The molecule has 1 aliphatic carbocycles. The van der Waals surface area contributed by atoms with Gasteiger partial charge in [-0.2, -0.15) is 0 Å². The predicted molar refractivity (Wildman–Crippen MR) is 70.0 cm³/mol. The maximum absolute atomic E-state index is 10.8. The molecule has 1 aromatic carbocycles. The van der Waals surface area contributed by atoms with Crippen molar-refractivity contribution in [1.29, 1.82) is 0 Å². The fraction of sp³-hybridized carbons (Fsp3) is 0.462. The third-order valence-electron chi connectivity index (χ3n) is 2.87. The summed E-state index contributed by atoms with van der Waals surface area (Å²) in [5, 5.41) is 12.3. The fourth-order valence-corrected chi connectivity index (χ4v) is 2.15.